The molecule has 2 rings (SSSR count). The van der Waals surface area contributed by atoms with Gasteiger partial charge in [-0.25, -0.2) is 0 Å². The minimum absolute atomic E-state index is 0.369. The van der Waals surface area contributed by atoms with Crippen LogP contribution in [0.25, 0.3) is 0 Å². The lowest BCUT2D eigenvalue weighted by atomic mass is 10.2. The van der Waals surface area contributed by atoms with Gasteiger partial charge in [-0.3, -0.25) is 4.68 Å². The Labute approximate surface area is 98.6 Å². The summed E-state index contributed by atoms with van der Waals surface area (Å²) in [6.45, 7) is 1.96. The van der Waals surface area contributed by atoms with Crippen LogP contribution < -0.4 is 10.5 Å². The van der Waals surface area contributed by atoms with E-state index in [0.29, 0.717) is 22.3 Å². The number of nitrogens with zero attached hydrogens (tertiary/aromatic N) is 2. The van der Waals surface area contributed by atoms with Crippen LogP contribution in [0.5, 0.6) is 11.6 Å². The highest BCUT2D eigenvalue weighted by molar-refractivity contribution is 6.32. The molecule has 0 atom stereocenters. The van der Waals surface area contributed by atoms with Gasteiger partial charge in [-0.05, 0) is 24.6 Å². The van der Waals surface area contributed by atoms with Gasteiger partial charge in [-0.15, -0.1) is 5.10 Å². The molecule has 0 radical (unpaired) electrons. The first kappa shape index (κ1) is 10.8. The maximum Gasteiger partial charge on any atom is 0.261 e. The van der Waals surface area contributed by atoms with E-state index in [1.54, 1.807) is 24.0 Å². The van der Waals surface area contributed by atoms with Crippen molar-refractivity contribution in [3.05, 3.63) is 35.0 Å². The first-order valence-electron chi connectivity index (χ1n) is 4.79. The number of benzene rings is 1. The lowest BCUT2D eigenvalue weighted by Crippen LogP contribution is -1.91. The Bertz CT molecular complexity index is 522. The Morgan fingerprint density at radius 2 is 2.19 bits per heavy atom. The molecule has 1 aromatic heterocycles. The summed E-state index contributed by atoms with van der Waals surface area (Å²) < 4.78 is 7.12. The lowest BCUT2D eigenvalue weighted by molar-refractivity contribution is 0.456. The van der Waals surface area contributed by atoms with Gasteiger partial charge in [0, 0.05) is 7.05 Å². The van der Waals surface area contributed by atoms with E-state index in [1.165, 1.54) is 0 Å². The Balaban J connectivity index is 2.30. The maximum atomic E-state index is 6.04. The molecule has 0 spiro atoms. The fraction of sp³-hybridized carbons (Fsp3) is 0.182. The summed E-state index contributed by atoms with van der Waals surface area (Å²) >= 11 is 6.04. The zero-order valence-electron chi connectivity index (χ0n) is 9.07. The van der Waals surface area contributed by atoms with Crippen molar-refractivity contribution in [1.29, 1.82) is 0 Å². The highest BCUT2D eigenvalue weighted by Gasteiger charge is 2.09. The van der Waals surface area contributed by atoms with Crippen LogP contribution in [0.2, 0.25) is 5.02 Å². The van der Waals surface area contributed by atoms with Gasteiger partial charge in [0.1, 0.15) is 11.4 Å². The summed E-state index contributed by atoms with van der Waals surface area (Å²) in [4.78, 5) is 0. The Kier molecular flexibility index (Phi) is 2.75. The van der Waals surface area contributed by atoms with Crippen LogP contribution in [0, 0.1) is 6.92 Å². The van der Waals surface area contributed by atoms with Gasteiger partial charge in [0.05, 0.1) is 11.2 Å². The lowest BCUT2D eigenvalue weighted by Gasteiger charge is -2.05. The number of halogens is 1. The molecule has 84 valence electrons. The predicted octanol–water partition coefficient (Wildman–Crippen LogP) is 2.76. The summed E-state index contributed by atoms with van der Waals surface area (Å²) in [6, 6.07) is 5.54. The summed E-state index contributed by atoms with van der Waals surface area (Å²) in [5, 5.41) is 4.63. The number of aryl methyl sites for hydroxylation is 2. The van der Waals surface area contributed by atoms with Crippen molar-refractivity contribution in [2.24, 2.45) is 7.05 Å². The third-order valence-electron chi connectivity index (χ3n) is 2.12. The Morgan fingerprint density at radius 1 is 1.44 bits per heavy atom. The molecule has 0 saturated carbocycles. The van der Waals surface area contributed by atoms with Gasteiger partial charge < -0.3 is 10.5 Å². The Hall–Kier alpha value is -1.68. The minimum Gasteiger partial charge on any atom is -0.434 e. The van der Waals surface area contributed by atoms with Crippen molar-refractivity contribution in [2.45, 2.75) is 6.92 Å². The van der Waals surface area contributed by atoms with E-state index in [1.807, 2.05) is 19.1 Å². The van der Waals surface area contributed by atoms with E-state index in [4.69, 9.17) is 22.1 Å². The molecule has 0 aliphatic carbocycles. The normalized spacial score (nSPS) is 10.4. The molecule has 0 aliphatic rings. The number of hydrogen-bond donors (Lipinski definition) is 1. The van der Waals surface area contributed by atoms with Gasteiger partial charge in [0.15, 0.2) is 0 Å². The van der Waals surface area contributed by atoms with Crippen molar-refractivity contribution < 1.29 is 4.74 Å². The molecular formula is C11H12ClN3O. The quantitative estimate of drug-likeness (QED) is 0.874. The van der Waals surface area contributed by atoms with Gasteiger partial charge in [0.2, 0.25) is 0 Å². The van der Waals surface area contributed by atoms with Crippen molar-refractivity contribution in [2.75, 3.05) is 5.73 Å². The number of ether oxygens (including phenoxy) is 1. The van der Waals surface area contributed by atoms with Crippen molar-refractivity contribution in [3.63, 3.8) is 0 Å². The standard InChI is InChI=1S/C11H12ClN3O/c1-7-3-4-10(8(12)5-7)16-11-9(13)6-15(2)14-11/h3-6H,13H2,1-2H3. The second kappa shape index (κ2) is 4.06. The van der Waals surface area contributed by atoms with Gasteiger partial charge in [0.25, 0.3) is 5.88 Å². The molecule has 0 unspecified atom stereocenters. The SMILES string of the molecule is Cc1ccc(Oc2nn(C)cc2N)c(Cl)c1. The number of aromatic nitrogens is 2. The Morgan fingerprint density at radius 3 is 2.75 bits per heavy atom. The summed E-state index contributed by atoms with van der Waals surface area (Å²) in [5.74, 6) is 0.922. The molecule has 5 heteroatoms. The summed E-state index contributed by atoms with van der Waals surface area (Å²) in [5.41, 5.74) is 7.28. The second-order valence-corrected chi connectivity index (χ2v) is 4.01. The molecule has 2 N–H and O–H groups in total. The molecule has 0 amide bonds. The van der Waals surface area contributed by atoms with Crippen molar-refractivity contribution in [3.8, 4) is 11.6 Å². The number of rotatable bonds is 2. The monoisotopic (exact) mass is 237 g/mol. The number of nitrogens with two attached hydrogens (primary N) is 1. The average molecular weight is 238 g/mol. The van der Waals surface area contributed by atoms with Crippen molar-refractivity contribution in [1.82, 2.24) is 9.78 Å². The van der Waals surface area contributed by atoms with E-state index in [2.05, 4.69) is 5.10 Å². The predicted molar refractivity (Wildman–Crippen MR) is 63.9 cm³/mol. The highest BCUT2D eigenvalue weighted by Crippen LogP contribution is 2.31. The largest absolute Gasteiger partial charge is 0.434 e. The minimum atomic E-state index is 0.369. The van der Waals surface area contributed by atoms with Crippen LogP contribution in [-0.4, -0.2) is 9.78 Å². The second-order valence-electron chi connectivity index (χ2n) is 3.60. The van der Waals surface area contributed by atoms with E-state index < -0.39 is 0 Å². The van der Waals surface area contributed by atoms with Crippen LogP contribution in [0.1, 0.15) is 5.56 Å². The molecule has 0 saturated heterocycles. The van der Waals surface area contributed by atoms with E-state index in [0.717, 1.165) is 5.56 Å². The van der Waals surface area contributed by atoms with Gasteiger partial charge >= 0.3 is 0 Å². The third-order valence-corrected chi connectivity index (χ3v) is 2.41. The number of hydrogen-bond acceptors (Lipinski definition) is 3. The van der Waals surface area contributed by atoms with Crippen LogP contribution in [0.15, 0.2) is 24.4 Å². The molecule has 1 heterocycles. The van der Waals surface area contributed by atoms with Crippen LogP contribution >= 0.6 is 11.6 Å². The van der Waals surface area contributed by atoms with E-state index >= 15 is 0 Å². The van der Waals surface area contributed by atoms with E-state index in [-0.39, 0.29) is 0 Å². The number of anilines is 1. The number of nitrogen functional groups attached to an aromatic ring is 1. The summed E-state index contributed by atoms with van der Waals surface area (Å²) in [6.07, 6.45) is 1.68. The van der Waals surface area contributed by atoms with Crippen LogP contribution in [0.4, 0.5) is 5.69 Å². The molecule has 2 aromatic rings. The molecular weight excluding hydrogens is 226 g/mol. The smallest absolute Gasteiger partial charge is 0.261 e. The first-order valence-corrected chi connectivity index (χ1v) is 5.17. The highest BCUT2D eigenvalue weighted by atomic mass is 35.5. The average Bonchev–Trinajstić information content (AvgIpc) is 2.50. The maximum absolute atomic E-state index is 6.04. The zero-order valence-corrected chi connectivity index (χ0v) is 9.82. The molecule has 1 aromatic carbocycles. The first-order chi connectivity index (χ1) is 7.56. The molecule has 0 bridgehead atoms. The van der Waals surface area contributed by atoms with Crippen molar-refractivity contribution >= 4 is 17.3 Å². The fourth-order valence-electron chi connectivity index (χ4n) is 1.36. The molecule has 0 fully saturated rings. The molecule has 16 heavy (non-hydrogen) atoms. The van der Waals surface area contributed by atoms with Gasteiger partial charge in [-0.2, -0.15) is 0 Å². The van der Waals surface area contributed by atoms with Crippen LogP contribution in [0.3, 0.4) is 0 Å². The van der Waals surface area contributed by atoms with Gasteiger partial charge in [-0.1, -0.05) is 17.7 Å². The summed E-state index contributed by atoms with van der Waals surface area (Å²) in [7, 11) is 1.78. The topological polar surface area (TPSA) is 53.1 Å². The third kappa shape index (κ3) is 2.12. The zero-order chi connectivity index (χ0) is 11.7. The fourth-order valence-corrected chi connectivity index (χ4v) is 1.63. The van der Waals surface area contributed by atoms with Crippen LogP contribution in [-0.2, 0) is 7.05 Å². The van der Waals surface area contributed by atoms with E-state index in [9.17, 15) is 0 Å². The molecule has 4 nitrogen and oxygen atoms in total. The molecule has 0 aliphatic heterocycles.